The molecule has 0 aromatic carbocycles. The smallest absolute Gasteiger partial charge is 0.329 e. The Morgan fingerprint density at radius 1 is 0.854 bits per heavy atom. The number of methoxy groups -OCH3 is 1. The molecule has 0 aliphatic heterocycles. The first-order chi connectivity index (χ1) is 23.2. The molecule has 0 radical (unpaired) electrons. The Balaban J connectivity index is 2.31. The van der Waals surface area contributed by atoms with Crippen molar-refractivity contribution in [3.8, 4) is 11.8 Å². The van der Waals surface area contributed by atoms with Crippen molar-refractivity contribution in [3.05, 3.63) is 91.1 Å². The number of hydrogen-bond donors (Lipinski definition) is 5. The molecule has 2 amide bonds. The number of esters is 1. The Hall–Kier alpha value is -4.71. The Bertz CT molecular complexity index is 1350. The quantitative estimate of drug-likeness (QED) is 0.0387. The Kier molecular flexibility index (Phi) is 22.7. The zero-order valence-electron chi connectivity index (χ0n) is 27.8. The van der Waals surface area contributed by atoms with Gasteiger partial charge in [0.1, 0.15) is 6.04 Å². The Morgan fingerprint density at radius 2 is 1.40 bits per heavy atom. The highest BCUT2D eigenvalue weighted by Crippen LogP contribution is 2.35. The first-order valence-corrected chi connectivity index (χ1v) is 16.9. The molecule has 1 aromatic rings. The monoisotopic (exact) mass is 683 g/mol. The Morgan fingerprint density at radius 3 is 1.92 bits per heavy atom. The second kappa shape index (κ2) is 26.4. The number of carbonyl (C=O) groups is 4. The van der Waals surface area contributed by atoms with Crippen molar-refractivity contribution >= 4 is 35.5 Å². The van der Waals surface area contributed by atoms with Crippen LogP contribution in [0.15, 0.2) is 96.0 Å². The number of carboxylic acid groups (broad SMARTS) is 1. The van der Waals surface area contributed by atoms with E-state index >= 15 is 0 Å². The highest BCUT2D eigenvalue weighted by Gasteiger charge is 2.23. The van der Waals surface area contributed by atoms with Gasteiger partial charge >= 0.3 is 11.9 Å². The third-order valence-electron chi connectivity index (χ3n) is 6.39. The van der Waals surface area contributed by atoms with Crippen LogP contribution in [-0.2, 0) is 30.5 Å². The lowest BCUT2D eigenvalue weighted by molar-refractivity contribution is -0.143. The Labute approximate surface area is 287 Å². The summed E-state index contributed by atoms with van der Waals surface area (Å²) in [4.78, 5) is 47.0. The summed E-state index contributed by atoms with van der Waals surface area (Å²) < 4.78 is 5.88. The first-order valence-electron chi connectivity index (χ1n) is 15.9. The number of aromatic hydroxyl groups is 2. The number of carbonyl (C=O) groups excluding carboxylic acids is 3. The van der Waals surface area contributed by atoms with Crippen LogP contribution in [0.1, 0.15) is 58.3 Å². The molecule has 0 spiro atoms. The van der Waals surface area contributed by atoms with E-state index in [1.807, 2.05) is 12.2 Å². The van der Waals surface area contributed by atoms with Gasteiger partial charge in [-0.3, -0.25) is 14.2 Å². The van der Waals surface area contributed by atoms with Crippen molar-refractivity contribution in [3.63, 3.8) is 0 Å². The normalized spacial score (nSPS) is 12.9. The molecule has 48 heavy (non-hydrogen) atoms. The number of amides is 2. The van der Waals surface area contributed by atoms with E-state index in [1.165, 1.54) is 10.6 Å². The number of nitrogens with zero attached hydrogens (tertiary/aromatic N) is 1. The summed E-state index contributed by atoms with van der Waals surface area (Å²) in [6, 6.07) is 0.154. The van der Waals surface area contributed by atoms with Gasteiger partial charge in [0.25, 0.3) is 0 Å². The van der Waals surface area contributed by atoms with Crippen molar-refractivity contribution in [2.45, 2.75) is 75.8 Å². The average molecular weight is 684 g/mol. The number of hydrogen-bond acceptors (Lipinski definition) is 8. The standard InChI is InChI=1S/C36H49N3O8S/c1-3-4-5-6-7-8-9-10-11-12-13-14-15-16-17-18-19-20-21-22-31(40)37-25-26-39-33(42)27-30(35(39)45)48-28-29(36(46)47-2)38-32(41)23-24-34(43)44/h4-5,7-8,10-11,13-14,16-17,19-20,23-24,27,29,42,45H,3,6,9,12,15,18,21-22,25-26,28H2,1-2H3,(H,37,40)(H,38,41)(H,43,44). The maximum absolute atomic E-state index is 12.2. The van der Waals surface area contributed by atoms with E-state index in [1.54, 1.807) is 0 Å². The molecule has 12 heteroatoms. The van der Waals surface area contributed by atoms with Gasteiger partial charge in [0.15, 0.2) is 5.88 Å². The minimum absolute atomic E-state index is 0.0678. The summed E-state index contributed by atoms with van der Waals surface area (Å²) in [6.45, 7) is 2.40. The molecular weight excluding hydrogens is 634 g/mol. The van der Waals surface area contributed by atoms with Gasteiger partial charge in [0.05, 0.1) is 12.0 Å². The summed E-state index contributed by atoms with van der Waals surface area (Å²) in [5.74, 6) is -3.65. The topological polar surface area (TPSA) is 167 Å². The van der Waals surface area contributed by atoms with Crippen molar-refractivity contribution in [2.24, 2.45) is 0 Å². The predicted molar refractivity (Wildman–Crippen MR) is 190 cm³/mol. The number of carboxylic acids is 1. The van der Waals surface area contributed by atoms with E-state index in [0.29, 0.717) is 18.9 Å². The number of rotatable bonds is 24. The minimum atomic E-state index is -1.32. The van der Waals surface area contributed by atoms with Gasteiger partial charge in [-0.05, 0) is 44.9 Å². The fourth-order valence-electron chi connectivity index (χ4n) is 3.93. The van der Waals surface area contributed by atoms with Gasteiger partial charge in [-0.2, -0.15) is 0 Å². The zero-order chi connectivity index (χ0) is 35.4. The molecule has 0 saturated carbocycles. The first kappa shape index (κ1) is 41.3. The van der Waals surface area contributed by atoms with Crippen molar-refractivity contribution in [1.29, 1.82) is 0 Å². The van der Waals surface area contributed by atoms with Crippen LogP contribution in [0.2, 0.25) is 0 Å². The van der Waals surface area contributed by atoms with Crippen LogP contribution in [-0.4, -0.2) is 69.1 Å². The van der Waals surface area contributed by atoms with Crippen LogP contribution in [0.5, 0.6) is 11.8 Å². The molecule has 1 heterocycles. The number of allylic oxidation sites excluding steroid dienone is 12. The molecule has 0 aliphatic rings. The summed E-state index contributed by atoms with van der Waals surface area (Å²) in [5.41, 5.74) is 0. The summed E-state index contributed by atoms with van der Waals surface area (Å²) >= 11 is 0.974. The minimum Gasteiger partial charge on any atom is -0.494 e. The molecule has 0 aliphatic carbocycles. The highest BCUT2D eigenvalue weighted by atomic mass is 32.2. The van der Waals surface area contributed by atoms with Crippen LogP contribution in [0, 0.1) is 0 Å². The van der Waals surface area contributed by atoms with E-state index in [2.05, 4.69) is 83.1 Å². The van der Waals surface area contributed by atoms with Gasteiger partial charge in [0.2, 0.25) is 17.7 Å². The van der Waals surface area contributed by atoms with E-state index in [9.17, 15) is 29.4 Å². The van der Waals surface area contributed by atoms with Crippen LogP contribution in [0.3, 0.4) is 0 Å². The molecule has 1 rings (SSSR count). The summed E-state index contributed by atoms with van der Waals surface area (Å²) in [7, 11) is 1.14. The van der Waals surface area contributed by atoms with Gasteiger partial charge in [-0.15, -0.1) is 11.8 Å². The second-order valence-electron chi connectivity index (χ2n) is 10.2. The molecule has 5 N–H and O–H groups in total. The lowest BCUT2D eigenvalue weighted by Gasteiger charge is -2.15. The van der Waals surface area contributed by atoms with Crippen LogP contribution in [0.25, 0.3) is 0 Å². The third-order valence-corrected chi connectivity index (χ3v) is 7.50. The molecule has 262 valence electrons. The van der Waals surface area contributed by atoms with Gasteiger partial charge in [-0.1, -0.05) is 79.8 Å². The van der Waals surface area contributed by atoms with Gasteiger partial charge in [-0.25, -0.2) is 9.59 Å². The molecule has 0 fully saturated rings. The molecule has 11 nitrogen and oxygen atoms in total. The van der Waals surface area contributed by atoms with Crippen molar-refractivity contribution < 1.29 is 39.2 Å². The molecule has 0 saturated heterocycles. The van der Waals surface area contributed by atoms with Crippen LogP contribution >= 0.6 is 11.8 Å². The predicted octanol–water partition coefficient (Wildman–Crippen LogP) is 5.88. The van der Waals surface area contributed by atoms with Crippen LogP contribution < -0.4 is 10.6 Å². The SMILES string of the molecule is CCC=CCC=CCC=CCC=CCC=CCC=CCCC(=O)NCCn1c(O)cc(SCC(NC(=O)C=CC(=O)O)C(=O)OC)c1O. The molecule has 1 atom stereocenters. The second-order valence-corrected chi connectivity index (χ2v) is 11.3. The number of ether oxygens (including phenoxy) is 1. The molecule has 0 bridgehead atoms. The molecule has 1 aromatic heterocycles. The van der Waals surface area contributed by atoms with Crippen molar-refractivity contribution in [1.82, 2.24) is 15.2 Å². The highest BCUT2D eigenvalue weighted by molar-refractivity contribution is 7.99. The number of thioether (sulfide) groups is 1. The lowest BCUT2D eigenvalue weighted by atomic mass is 10.2. The number of aromatic nitrogens is 1. The van der Waals surface area contributed by atoms with E-state index in [4.69, 9.17) is 5.11 Å². The maximum atomic E-state index is 12.2. The summed E-state index contributed by atoms with van der Waals surface area (Å²) in [5, 5.41) is 34.6. The molecular formula is C36H49N3O8S. The average Bonchev–Trinajstić information content (AvgIpc) is 3.33. The van der Waals surface area contributed by atoms with E-state index in [-0.39, 0.29) is 41.4 Å². The van der Waals surface area contributed by atoms with Gasteiger partial charge < -0.3 is 30.7 Å². The zero-order valence-corrected chi connectivity index (χ0v) is 28.6. The largest absolute Gasteiger partial charge is 0.494 e. The van der Waals surface area contributed by atoms with E-state index in [0.717, 1.165) is 63.5 Å². The van der Waals surface area contributed by atoms with E-state index < -0.39 is 23.9 Å². The van der Waals surface area contributed by atoms with Crippen LogP contribution in [0.4, 0.5) is 0 Å². The van der Waals surface area contributed by atoms with Gasteiger partial charge in [0, 0.05) is 43.5 Å². The summed E-state index contributed by atoms with van der Waals surface area (Å²) in [6.07, 6.45) is 33.4. The fourth-order valence-corrected chi connectivity index (χ4v) is 4.92. The molecule has 1 unspecified atom stereocenters. The maximum Gasteiger partial charge on any atom is 0.329 e. The lowest BCUT2D eigenvalue weighted by Crippen LogP contribution is -2.42. The third kappa shape index (κ3) is 19.7. The number of aliphatic carboxylic acids is 1. The van der Waals surface area contributed by atoms with Crippen molar-refractivity contribution in [2.75, 3.05) is 19.4 Å². The fraction of sp³-hybridized carbons (Fsp3) is 0.389. The number of nitrogens with one attached hydrogen (secondary N) is 2.